The van der Waals surface area contributed by atoms with Crippen LogP contribution in [0.15, 0.2) is 48.9 Å². The molecule has 0 radical (unpaired) electrons. The highest BCUT2D eigenvalue weighted by Crippen LogP contribution is 2.30. The lowest BCUT2D eigenvalue weighted by Gasteiger charge is -2.19. The highest BCUT2D eigenvalue weighted by molar-refractivity contribution is 5.95. The number of cyclic esters (lactones) is 1. The Balaban J connectivity index is 1.12. The Labute approximate surface area is 213 Å². The second kappa shape index (κ2) is 11.2. The molecule has 12 heteroatoms. The Morgan fingerprint density at radius 3 is 3.00 bits per heavy atom. The predicted octanol–water partition coefficient (Wildman–Crippen LogP) is 1.71. The monoisotopic (exact) mass is 505 g/mol. The number of fused-ring (bicyclic) bond motifs is 1. The number of nitrogens with two attached hydrogens (primary N) is 1. The van der Waals surface area contributed by atoms with Gasteiger partial charge < -0.3 is 30.6 Å². The van der Waals surface area contributed by atoms with E-state index in [2.05, 4.69) is 25.6 Å². The summed E-state index contributed by atoms with van der Waals surface area (Å²) in [6.07, 6.45) is 5.06. The van der Waals surface area contributed by atoms with E-state index in [1.807, 2.05) is 18.2 Å². The zero-order valence-corrected chi connectivity index (χ0v) is 20.1. The van der Waals surface area contributed by atoms with Crippen molar-refractivity contribution in [1.82, 2.24) is 20.3 Å². The molecule has 0 spiro atoms. The van der Waals surface area contributed by atoms with Gasteiger partial charge in [-0.2, -0.15) is 0 Å². The number of pyridine rings is 3. The number of rotatable bonds is 10. The van der Waals surface area contributed by atoms with Crippen LogP contribution in [0.4, 0.5) is 16.4 Å². The first-order chi connectivity index (χ1) is 18.1. The number of carbonyl (C=O) groups is 2. The Morgan fingerprint density at radius 2 is 2.11 bits per heavy atom. The number of hydrogen-bond donors (Lipinski definition) is 3. The molecule has 0 saturated carbocycles. The molecule has 2 amide bonds. The van der Waals surface area contributed by atoms with Gasteiger partial charge in [-0.1, -0.05) is 0 Å². The first-order valence-electron chi connectivity index (χ1n) is 11.9. The molecule has 1 fully saturated rings. The van der Waals surface area contributed by atoms with E-state index >= 15 is 0 Å². The van der Waals surface area contributed by atoms with Crippen molar-refractivity contribution < 1.29 is 23.8 Å². The number of carbonyl (C=O) groups excluding carboxylic acids is 2. The Kier molecular flexibility index (Phi) is 7.38. The van der Waals surface area contributed by atoms with Gasteiger partial charge in [0.2, 0.25) is 0 Å². The number of aromatic nitrogens is 3. The molecule has 0 unspecified atom stereocenters. The lowest BCUT2D eigenvalue weighted by molar-refractivity contribution is -0.118. The average Bonchev–Trinajstić information content (AvgIpc) is 3.30. The molecule has 3 aromatic rings. The van der Waals surface area contributed by atoms with Crippen molar-refractivity contribution in [2.24, 2.45) is 5.73 Å². The molecule has 2 aliphatic rings. The molecule has 3 aromatic heterocycles. The fraction of sp³-hybridized carbons (Fsp3) is 0.320. The van der Waals surface area contributed by atoms with Gasteiger partial charge >= 0.3 is 6.09 Å². The molecule has 4 N–H and O–H groups in total. The smallest absolute Gasteiger partial charge is 0.415 e. The minimum Gasteiger partial charge on any atom is -0.491 e. The lowest BCUT2D eigenvalue weighted by atomic mass is 10.1. The Bertz CT molecular complexity index is 1290. The highest BCUT2D eigenvalue weighted by Gasteiger charge is 2.33. The molecular formula is C25H27N7O5. The van der Waals surface area contributed by atoms with Crippen LogP contribution in [-0.4, -0.2) is 65.9 Å². The van der Waals surface area contributed by atoms with Crippen LogP contribution >= 0.6 is 0 Å². The minimum absolute atomic E-state index is 0.0523. The van der Waals surface area contributed by atoms with Crippen LogP contribution in [0.1, 0.15) is 12.1 Å². The van der Waals surface area contributed by atoms with Crippen molar-refractivity contribution in [3.05, 3.63) is 54.6 Å². The molecule has 5 rings (SSSR count). The van der Waals surface area contributed by atoms with Crippen LogP contribution in [0.3, 0.4) is 0 Å². The maximum Gasteiger partial charge on any atom is 0.415 e. The zero-order chi connectivity index (χ0) is 25.6. The van der Waals surface area contributed by atoms with Gasteiger partial charge in [0.15, 0.2) is 18.2 Å². The van der Waals surface area contributed by atoms with Gasteiger partial charge in [-0.05, 0) is 48.9 Å². The van der Waals surface area contributed by atoms with E-state index in [4.69, 9.17) is 19.9 Å². The number of nitrogens with zero attached hydrogens (tertiary/aromatic N) is 4. The lowest BCUT2D eigenvalue weighted by Crippen LogP contribution is -2.29. The van der Waals surface area contributed by atoms with Gasteiger partial charge in [-0.15, -0.1) is 0 Å². The average molecular weight is 506 g/mol. The normalized spacial score (nSPS) is 16.6. The number of hydrogen-bond acceptors (Lipinski definition) is 10. The first-order valence-corrected chi connectivity index (χ1v) is 11.9. The van der Waals surface area contributed by atoms with E-state index in [-0.39, 0.29) is 18.6 Å². The van der Waals surface area contributed by atoms with E-state index in [9.17, 15) is 9.59 Å². The van der Waals surface area contributed by atoms with Crippen LogP contribution in [-0.2, 0) is 16.1 Å². The van der Waals surface area contributed by atoms with Gasteiger partial charge in [0.05, 0.1) is 18.4 Å². The third kappa shape index (κ3) is 5.93. The van der Waals surface area contributed by atoms with Crippen LogP contribution < -0.4 is 30.7 Å². The topological polar surface area (TPSA) is 154 Å². The third-order valence-electron chi connectivity index (χ3n) is 5.81. The van der Waals surface area contributed by atoms with Crippen molar-refractivity contribution in [3.63, 3.8) is 0 Å². The highest BCUT2D eigenvalue weighted by atomic mass is 16.6. The van der Waals surface area contributed by atoms with Crippen molar-refractivity contribution in [3.8, 4) is 22.6 Å². The second-order valence-electron chi connectivity index (χ2n) is 8.52. The number of nitrogens with one attached hydrogen (secondary N) is 2. The SMILES string of the molecule is NCCOc1cncc(-c2ccnc(CNCC[C@H]3CN(c4ccc5c(n4)NC(=O)CO5)C(=O)O3)c2)c1. The summed E-state index contributed by atoms with van der Waals surface area (Å²) in [4.78, 5) is 38.5. The summed E-state index contributed by atoms with van der Waals surface area (Å²) in [6, 6.07) is 9.20. The summed E-state index contributed by atoms with van der Waals surface area (Å²) in [7, 11) is 0. The van der Waals surface area contributed by atoms with Crippen LogP contribution in [0.5, 0.6) is 11.5 Å². The van der Waals surface area contributed by atoms with Crippen LogP contribution in [0.2, 0.25) is 0 Å². The molecule has 1 saturated heterocycles. The predicted molar refractivity (Wildman–Crippen MR) is 134 cm³/mol. The summed E-state index contributed by atoms with van der Waals surface area (Å²) in [5.74, 6) is 1.55. The summed E-state index contributed by atoms with van der Waals surface area (Å²) in [5.41, 5.74) is 8.29. The molecule has 192 valence electrons. The molecule has 2 aliphatic heterocycles. The Hall–Kier alpha value is -4.29. The fourth-order valence-electron chi connectivity index (χ4n) is 4.03. The van der Waals surface area contributed by atoms with Gasteiger partial charge in [-0.3, -0.25) is 19.7 Å². The zero-order valence-electron chi connectivity index (χ0n) is 20.1. The Morgan fingerprint density at radius 1 is 1.19 bits per heavy atom. The molecule has 5 heterocycles. The van der Waals surface area contributed by atoms with Gasteiger partial charge in [0.1, 0.15) is 24.3 Å². The molecule has 0 aliphatic carbocycles. The second-order valence-corrected chi connectivity index (χ2v) is 8.52. The summed E-state index contributed by atoms with van der Waals surface area (Å²) in [6.45, 7) is 2.37. The van der Waals surface area contributed by atoms with Gasteiger partial charge in [0, 0.05) is 31.0 Å². The maximum atomic E-state index is 12.4. The van der Waals surface area contributed by atoms with E-state index in [0.29, 0.717) is 62.3 Å². The van der Waals surface area contributed by atoms with Crippen molar-refractivity contribution in [2.75, 3.05) is 43.1 Å². The molecular weight excluding hydrogens is 478 g/mol. The van der Waals surface area contributed by atoms with E-state index < -0.39 is 6.09 Å². The van der Waals surface area contributed by atoms with Crippen LogP contribution in [0, 0.1) is 0 Å². The molecule has 37 heavy (non-hydrogen) atoms. The van der Waals surface area contributed by atoms with Crippen molar-refractivity contribution in [1.29, 1.82) is 0 Å². The molecule has 1 atom stereocenters. The molecule has 0 bridgehead atoms. The van der Waals surface area contributed by atoms with Crippen molar-refractivity contribution in [2.45, 2.75) is 19.1 Å². The number of amides is 2. The largest absolute Gasteiger partial charge is 0.491 e. The minimum atomic E-state index is -0.471. The first kappa shape index (κ1) is 24.4. The van der Waals surface area contributed by atoms with E-state index in [1.165, 1.54) is 4.90 Å². The summed E-state index contributed by atoms with van der Waals surface area (Å²) < 4.78 is 16.4. The quantitative estimate of drug-likeness (QED) is 0.347. The molecule has 12 nitrogen and oxygen atoms in total. The third-order valence-corrected chi connectivity index (χ3v) is 5.81. The van der Waals surface area contributed by atoms with Gasteiger partial charge in [0.25, 0.3) is 5.91 Å². The van der Waals surface area contributed by atoms with Crippen LogP contribution in [0.25, 0.3) is 11.1 Å². The number of ether oxygens (including phenoxy) is 3. The van der Waals surface area contributed by atoms with E-state index in [1.54, 1.807) is 30.7 Å². The molecule has 0 aromatic carbocycles. The van der Waals surface area contributed by atoms with Gasteiger partial charge in [-0.25, -0.2) is 9.78 Å². The van der Waals surface area contributed by atoms with E-state index in [0.717, 1.165) is 16.8 Å². The summed E-state index contributed by atoms with van der Waals surface area (Å²) >= 11 is 0. The maximum absolute atomic E-state index is 12.4. The number of anilines is 2. The van der Waals surface area contributed by atoms with Crippen molar-refractivity contribution >= 4 is 23.6 Å². The summed E-state index contributed by atoms with van der Waals surface area (Å²) in [5, 5.41) is 6.00. The standard InChI is InChI=1S/C25H27N7O5/c26-5-8-35-20-10-17(11-28-13-20)16-3-7-29-18(9-16)12-27-6-4-19-14-32(25(34)37-19)22-2-1-21-24(30-22)31-23(33)15-36-21/h1-3,7,9-11,13,19,27H,4-6,8,12,14-15,26H2,(H,30,31,33)/t19-/m0/s1. The fourth-order valence-corrected chi connectivity index (χ4v) is 4.03.